The van der Waals surface area contributed by atoms with E-state index in [1.807, 2.05) is 43.3 Å². The highest BCUT2D eigenvalue weighted by Gasteiger charge is 2.36. The number of carbonyl (C=O) groups is 1. The van der Waals surface area contributed by atoms with Gasteiger partial charge in [0.2, 0.25) is 5.91 Å². The summed E-state index contributed by atoms with van der Waals surface area (Å²) in [5.74, 6) is 1.75. The van der Waals surface area contributed by atoms with Crippen LogP contribution in [-0.2, 0) is 10.3 Å². The average molecular weight is 365 g/mol. The van der Waals surface area contributed by atoms with Crippen LogP contribution in [0.3, 0.4) is 0 Å². The van der Waals surface area contributed by atoms with Gasteiger partial charge in [0.05, 0.1) is 25.2 Å². The molecule has 0 aromatic heterocycles. The van der Waals surface area contributed by atoms with Crippen molar-refractivity contribution in [1.29, 1.82) is 0 Å². The molecule has 0 saturated carbocycles. The lowest BCUT2D eigenvalue weighted by atomic mass is 9.86. The van der Waals surface area contributed by atoms with Gasteiger partial charge >= 0.3 is 0 Å². The predicted molar refractivity (Wildman–Crippen MR) is 104 cm³/mol. The number of hydrogen-bond donors (Lipinski definition) is 1. The number of carbonyl (C=O) groups excluding carboxylic acids is 1. The van der Waals surface area contributed by atoms with Gasteiger partial charge < -0.3 is 15.2 Å². The van der Waals surface area contributed by atoms with Crippen molar-refractivity contribution in [3.05, 3.63) is 48.0 Å². The first-order valence-electron chi connectivity index (χ1n) is 9.09. The highest BCUT2D eigenvalue weighted by Crippen LogP contribution is 2.37. The molecular weight excluding hydrogens is 342 g/mol. The molecule has 0 saturated heterocycles. The minimum Gasteiger partial charge on any atom is -0.490 e. The van der Waals surface area contributed by atoms with Crippen LogP contribution in [0.25, 0.3) is 11.1 Å². The van der Waals surface area contributed by atoms with Crippen LogP contribution in [0.1, 0.15) is 25.3 Å². The molecule has 4 rings (SSSR count). The van der Waals surface area contributed by atoms with Crippen LogP contribution in [0.5, 0.6) is 11.5 Å². The lowest BCUT2D eigenvalue weighted by molar-refractivity contribution is -0.128. The molecule has 2 aliphatic rings. The fourth-order valence-electron chi connectivity index (χ4n) is 3.45. The number of hydrogen-bond acceptors (Lipinski definition) is 5. The Labute approximate surface area is 158 Å². The summed E-state index contributed by atoms with van der Waals surface area (Å²) >= 11 is 0. The average Bonchev–Trinajstić information content (AvgIpc) is 2.91. The van der Waals surface area contributed by atoms with Gasteiger partial charge in [-0.25, -0.2) is 4.99 Å². The third kappa shape index (κ3) is 3.23. The smallest absolute Gasteiger partial charge is 0.231 e. The normalized spacial score (nSPS) is 22.2. The Bertz CT molecular complexity index is 925. The second-order valence-electron chi connectivity index (χ2n) is 7.17. The molecular formula is C21H23N3O3. The largest absolute Gasteiger partial charge is 0.490 e. The quantitative estimate of drug-likeness (QED) is 0.888. The van der Waals surface area contributed by atoms with Crippen LogP contribution in [0.4, 0.5) is 0 Å². The summed E-state index contributed by atoms with van der Waals surface area (Å²) in [7, 11) is 1.65. The number of amides is 1. The maximum atomic E-state index is 12.3. The van der Waals surface area contributed by atoms with E-state index in [1.165, 1.54) is 4.90 Å². The Morgan fingerprint density at radius 2 is 1.81 bits per heavy atom. The molecule has 0 bridgehead atoms. The molecule has 2 aliphatic heterocycles. The van der Waals surface area contributed by atoms with Crippen LogP contribution in [0.2, 0.25) is 0 Å². The van der Waals surface area contributed by atoms with Gasteiger partial charge in [-0.05, 0) is 41.8 Å². The minimum absolute atomic E-state index is 0.0361. The van der Waals surface area contributed by atoms with E-state index in [1.54, 1.807) is 7.05 Å². The molecule has 6 heteroatoms. The fraction of sp³-hybridized carbons (Fsp3) is 0.333. The zero-order chi connectivity index (χ0) is 19.0. The molecule has 2 N–H and O–H groups in total. The zero-order valence-corrected chi connectivity index (χ0v) is 15.6. The van der Waals surface area contributed by atoms with Crippen molar-refractivity contribution >= 4 is 11.9 Å². The van der Waals surface area contributed by atoms with Gasteiger partial charge in [-0.3, -0.25) is 9.69 Å². The van der Waals surface area contributed by atoms with E-state index in [2.05, 4.69) is 11.1 Å². The summed E-state index contributed by atoms with van der Waals surface area (Å²) in [6, 6.07) is 14.0. The molecule has 140 valence electrons. The summed E-state index contributed by atoms with van der Waals surface area (Å²) < 4.78 is 11.5. The fourth-order valence-corrected chi connectivity index (χ4v) is 3.45. The molecule has 0 fully saturated rings. The monoisotopic (exact) mass is 365 g/mol. The molecule has 1 atom stereocenters. The summed E-state index contributed by atoms with van der Waals surface area (Å²) in [4.78, 5) is 18.3. The number of aliphatic imine (C=N–C) groups is 1. The molecule has 2 aromatic rings. The van der Waals surface area contributed by atoms with E-state index >= 15 is 0 Å². The van der Waals surface area contributed by atoms with E-state index in [0.717, 1.165) is 34.6 Å². The van der Waals surface area contributed by atoms with Crippen molar-refractivity contribution in [1.82, 2.24) is 4.90 Å². The molecule has 2 aromatic carbocycles. The Morgan fingerprint density at radius 3 is 2.59 bits per heavy atom. The van der Waals surface area contributed by atoms with Gasteiger partial charge in [0, 0.05) is 13.5 Å². The van der Waals surface area contributed by atoms with Gasteiger partial charge in [-0.15, -0.1) is 0 Å². The van der Waals surface area contributed by atoms with Crippen molar-refractivity contribution in [2.24, 2.45) is 10.7 Å². The SMILES string of the molecule is CN1C(=O)CC(C)(c2cccc(-c3ccc4c(c3)OCCCO4)c2)N=C1N. The van der Waals surface area contributed by atoms with E-state index in [9.17, 15) is 4.79 Å². The van der Waals surface area contributed by atoms with Crippen molar-refractivity contribution in [2.75, 3.05) is 20.3 Å². The van der Waals surface area contributed by atoms with Crippen LogP contribution in [0.15, 0.2) is 47.5 Å². The Balaban J connectivity index is 1.71. The van der Waals surface area contributed by atoms with Gasteiger partial charge in [-0.1, -0.05) is 24.3 Å². The topological polar surface area (TPSA) is 77.2 Å². The van der Waals surface area contributed by atoms with E-state index in [4.69, 9.17) is 15.2 Å². The summed E-state index contributed by atoms with van der Waals surface area (Å²) in [6.45, 7) is 3.26. The summed E-state index contributed by atoms with van der Waals surface area (Å²) in [5.41, 5.74) is 8.29. The Morgan fingerprint density at radius 1 is 1.07 bits per heavy atom. The van der Waals surface area contributed by atoms with Crippen LogP contribution >= 0.6 is 0 Å². The minimum atomic E-state index is -0.672. The predicted octanol–water partition coefficient (Wildman–Crippen LogP) is 2.91. The van der Waals surface area contributed by atoms with E-state index in [-0.39, 0.29) is 18.3 Å². The first kappa shape index (κ1) is 17.4. The molecule has 27 heavy (non-hydrogen) atoms. The molecule has 1 amide bonds. The summed E-state index contributed by atoms with van der Waals surface area (Å²) in [6.07, 6.45) is 1.16. The maximum absolute atomic E-state index is 12.3. The number of benzene rings is 2. The van der Waals surface area contributed by atoms with Gasteiger partial charge in [0.15, 0.2) is 17.5 Å². The van der Waals surface area contributed by atoms with Crippen LogP contribution in [0, 0.1) is 0 Å². The maximum Gasteiger partial charge on any atom is 0.231 e. The number of nitrogens with two attached hydrogens (primary N) is 1. The zero-order valence-electron chi connectivity index (χ0n) is 15.6. The molecule has 0 radical (unpaired) electrons. The van der Waals surface area contributed by atoms with E-state index in [0.29, 0.717) is 13.2 Å². The molecule has 1 unspecified atom stereocenters. The van der Waals surface area contributed by atoms with E-state index < -0.39 is 5.54 Å². The van der Waals surface area contributed by atoms with Crippen molar-refractivity contribution in [2.45, 2.75) is 25.3 Å². The Kier molecular flexibility index (Phi) is 4.26. The number of rotatable bonds is 2. The second-order valence-corrected chi connectivity index (χ2v) is 7.17. The Hall–Kier alpha value is -3.02. The standard InChI is InChI=1S/C21H23N3O3/c1-21(13-19(25)24(2)20(22)23-21)16-6-3-5-14(11-16)15-7-8-17-18(12-15)27-10-4-9-26-17/h3,5-8,11-12H,4,9-10,13H2,1-2H3,(H2,22,23). The number of fused-ring (bicyclic) bond motifs is 1. The van der Waals surface area contributed by atoms with Gasteiger partial charge in [0.1, 0.15) is 0 Å². The number of nitrogens with zero attached hydrogens (tertiary/aromatic N) is 2. The van der Waals surface area contributed by atoms with Gasteiger partial charge in [0.25, 0.3) is 0 Å². The van der Waals surface area contributed by atoms with Crippen molar-refractivity contribution in [3.8, 4) is 22.6 Å². The third-order valence-electron chi connectivity index (χ3n) is 5.14. The lowest BCUT2D eigenvalue weighted by Crippen LogP contribution is -2.47. The molecule has 0 aliphatic carbocycles. The highest BCUT2D eigenvalue weighted by atomic mass is 16.5. The third-order valence-corrected chi connectivity index (χ3v) is 5.14. The van der Waals surface area contributed by atoms with Crippen molar-refractivity contribution in [3.63, 3.8) is 0 Å². The summed E-state index contributed by atoms with van der Waals surface area (Å²) in [5, 5.41) is 0. The molecule has 6 nitrogen and oxygen atoms in total. The number of ether oxygens (including phenoxy) is 2. The molecule has 0 spiro atoms. The number of guanidine groups is 1. The first-order valence-corrected chi connectivity index (χ1v) is 9.09. The van der Waals surface area contributed by atoms with Crippen molar-refractivity contribution < 1.29 is 14.3 Å². The molecule has 2 heterocycles. The second kappa shape index (κ2) is 6.61. The first-order chi connectivity index (χ1) is 13.0. The lowest BCUT2D eigenvalue weighted by Gasteiger charge is -2.33. The van der Waals surface area contributed by atoms with Gasteiger partial charge in [-0.2, -0.15) is 0 Å². The van der Waals surface area contributed by atoms with Crippen LogP contribution in [-0.4, -0.2) is 37.0 Å². The highest BCUT2D eigenvalue weighted by molar-refractivity contribution is 5.98. The van der Waals surface area contributed by atoms with Crippen LogP contribution < -0.4 is 15.2 Å².